The second-order valence-electron chi connectivity index (χ2n) is 6.92. The summed E-state index contributed by atoms with van der Waals surface area (Å²) < 4.78 is 7.96. The SMILES string of the molecule is NC(=O)Cc1sc(-c2cnc3ccc(CO)cn23)cc1OC(CO)c1ccccc1Cl. The number of fused-ring (bicyclic) bond motifs is 1. The summed E-state index contributed by atoms with van der Waals surface area (Å²) in [7, 11) is 0. The molecule has 0 radical (unpaired) electrons. The predicted octanol–water partition coefficient (Wildman–Crippen LogP) is 3.35. The molecule has 1 atom stereocenters. The maximum Gasteiger partial charge on any atom is 0.222 e. The van der Waals surface area contributed by atoms with E-state index in [4.69, 9.17) is 22.1 Å². The monoisotopic (exact) mass is 457 g/mol. The third-order valence-corrected chi connectivity index (χ3v) is 6.28. The molecule has 3 heterocycles. The summed E-state index contributed by atoms with van der Waals surface area (Å²) in [4.78, 5) is 17.5. The van der Waals surface area contributed by atoms with Gasteiger partial charge in [-0.25, -0.2) is 4.98 Å². The molecule has 4 rings (SSSR count). The van der Waals surface area contributed by atoms with Crippen LogP contribution in [0, 0.1) is 0 Å². The van der Waals surface area contributed by atoms with Gasteiger partial charge in [-0.2, -0.15) is 0 Å². The Morgan fingerprint density at radius 1 is 1.26 bits per heavy atom. The summed E-state index contributed by atoms with van der Waals surface area (Å²) >= 11 is 7.64. The molecule has 9 heteroatoms. The van der Waals surface area contributed by atoms with Crippen molar-refractivity contribution in [2.75, 3.05) is 6.61 Å². The number of rotatable bonds is 8. The van der Waals surface area contributed by atoms with Crippen molar-refractivity contribution >= 4 is 34.5 Å². The zero-order valence-electron chi connectivity index (χ0n) is 16.4. The summed E-state index contributed by atoms with van der Waals surface area (Å²) in [5.41, 5.74) is 8.35. The molecule has 0 spiro atoms. The quantitative estimate of drug-likeness (QED) is 0.376. The van der Waals surface area contributed by atoms with Crippen molar-refractivity contribution in [3.8, 4) is 16.3 Å². The average molecular weight is 458 g/mol. The number of hydrogen-bond acceptors (Lipinski definition) is 6. The lowest BCUT2D eigenvalue weighted by Crippen LogP contribution is -2.16. The predicted molar refractivity (Wildman–Crippen MR) is 119 cm³/mol. The van der Waals surface area contributed by atoms with Gasteiger partial charge in [-0.1, -0.05) is 35.9 Å². The van der Waals surface area contributed by atoms with E-state index in [0.29, 0.717) is 21.2 Å². The van der Waals surface area contributed by atoms with Gasteiger partial charge in [0.05, 0.1) is 41.3 Å². The number of thiophene rings is 1. The van der Waals surface area contributed by atoms with Gasteiger partial charge in [0, 0.05) is 22.8 Å². The van der Waals surface area contributed by atoms with Crippen molar-refractivity contribution in [2.45, 2.75) is 19.1 Å². The van der Waals surface area contributed by atoms with Crippen molar-refractivity contribution in [1.82, 2.24) is 9.38 Å². The van der Waals surface area contributed by atoms with Crippen LogP contribution in [0.15, 0.2) is 54.9 Å². The first kappa shape index (κ1) is 21.3. The molecule has 4 N–H and O–H groups in total. The van der Waals surface area contributed by atoms with E-state index in [0.717, 1.165) is 21.8 Å². The standard InChI is InChI=1S/C22H20ClN3O4S/c23-15-4-2-1-3-14(15)18(12-28)30-17-7-19(31-20(17)8-21(24)29)16-9-25-22-6-5-13(11-27)10-26(16)22/h1-7,9-10,18,27-28H,8,11-12H2,(H2,24,29). The summed E-state index contributed by atoms with van der Waals surface area (Å²) in [5.74, 6) is -0.0386. The van der Waals surface area contributed by atoms with Crippen molar-refractivity contribution in [3.05, 3.63) is 75.9 Å². The first-order valence-corrected chi connectivity index (χ1v) is 10.7. The highest BCUT2D eigenvalue weighted by atomic mass is 35.5. The first-order valence-electron chi connectivity index (χ1n) is 9.50. The van der Waals surface area contributed by atoms with Crippen LogP contribution in [-0.2, 0) is 17.8 Å². The number of primary amides is 1. The van der Waals surface area contributed by atoms with E-state index in [2.05, 4.69) is 4.98 Å². The van der Waals surface area contributed by atoms with E-state index in [-0.39, 0.29) is 19.6 Å². The number of amides is 1. The topological polar surface area (TPSA) is 110 Å². The third-order valence-electron chi connectivity index (χ3n) is 4.79. The van der Waals surface area contributed by atoms with Gasteiger partial charge in [0.1, 0.15) is 17.5 Å². The van der Waals surface area contributed by atoms with E-state index < -0.39 is 12.0 Å². The Morgan fingerprint density at radius 2 is 2.06 bits per heavy atom. The van der Waals surface area contributed by atoms with Gasteiger partial charge in [-0.05, 0) is 17.7 Å². The molecule has 31 heavy (non-hydrogen) atoms. The number of nitrogens with zero attached hydrogens (tertiary/aromatic N) is 2. The fourth-order valence-electron chi connectivity index (χ4n) is 3.31. The molecule has 0 aliphatic carbocycles. The molecular formula is C22H20ClN3O4S. The maximum absolute atomic E-state index is 11.6. The Bertz CT molecular complexity index is 1240. The van der Waals surface area contributed by atoms with E-state index >= 15 is 0 Å². The Kier molecular flexibility index (Phi) is 6.24. The summed E-state index contributed by atoms with van der Waals surface area (Å²) in [5, 5.41) is 19.9. The Labute approximate surface area is 187 Å². The fraction of sp³-hybridized carbons (Fsp3) is 0.182. The maximum atomic E-state index is 11.6. The first-order chi connectivity index (χ1) is 15.0. The summed E-state index contributed by atoms with van der Waals surface area (Å²) in [6.07, 6.45) is 2.83. The van der Waals surface area contributed by atoms with Crippen molar-refractivity contribution in [1.29, 1.82) is 0 Å². The number of aliphatic hydroxyl groups excluding tert-OH is 2. The zero-order chi connectivity index (χ0) is 22.0. The highest BCUT2D eigenvalue weighted by molar-refractivity contribution is 7.15. The van der Waals surface area contributed by atoms with Gasteiger partial charge in [-0.15, -0.1) is 11.3 Å². The molecular weight excluding hydrogens is 438 g/mol. The number of nitrogens with two attached hydrogens (primary N) is 1. The lowest BCUT2D eigenvalue weighted by Gasteiger charge is -2.18. The molecule has 160 valence electrons. The largest absolute Gasteiger partial charge is 0.482 e. The summed E-state index contributed by atoms with van der Waals surface area (Å²) in [6, 6.07) is 12.6. The molecule has 0 bridgehead atoms. The van der Waals surface area contributed by atoms with Gasteiger partial charge in [0.2, 0.25) is 5.91 Å². The van der Waals surface area contributed by atoms with Crippen molar-refractivity contribution in [3.63, 3.8) is 0 Å². The van der Waals surface area contributed by atoms with Crippen LogP contribution < -0.4 is 10.5 Å². The highest BCUT2D eigenvalue weighted by Crippen LogP contribution is 2.39. The number of carbonyl (C=O) groups is 1. The fourth-order valence-corrected chi connectivity index (χ4v) is 4.67. The van der Waals surface area contributed by atoms with Crippen LogP contribution >= 0.6 is 22.9 Å². The van der Waals surface area contributed by atoms with Crippen LogP contribution in [0.3, 0.4) is 0 Å². The van der Waals surface area contributed by atoms with E-state index in [9.17, 15) is 15.0 Å². The Hall–Kier alpha value is -2.91. The van der Waals surface area contributed by atoms with Gasteiger partial charge in [0.15, 0.2) is 0 Å². The third kappa shape index (κ3) is 4.42. The lowest BCUT2D eigenvalue weighted by atomic mass is 10.1. The molecule has 0 fully saturated rings. The number of halogens is 1. The van der Waals surface area contributed by atoms with Crippen molar-refractivity contribution < 1.29 is 19.7 Å². The van der Waals surface area contributed by atoms with Gasteiger partial charge in [-0.3, -0.25) is 9.20 Å². The number of aliphatic hydroxyl groups is 2. The van der Waals surface area contributed by atoms with Crippen LogP contribution in [0.25, 0.3) is 16.2 Å². The number of carbonyl (C=O) groups excluding carboxylic acids is 1. The number of aromatic nitrogens is 2. The second-order valence-corrected chi connectivity index (χ2v) is 8.46. The van der Waals surface area contributed by atoms with Crippen LogP contribution in [0.5, 0.6) is 5.75 Å². The average Bonchev–Trinajstić information content (AvgIpc) is 3.35. The Morgan fingerprint density at radius 3 is 2.77 bits per heavy atom. The highest BCUT2D eigenvalue weighted by Gasteiger charge is 2.21. The number of hydrogen-bond donors (Lipinski definition) is 3. The number of benzene rings is 1. The molecule has 4 aromatic rings. The minimum Gasteiger partial charge on any atom is -0.482 e. The molecule has 0 saturated heterocycles. The van der Waals surface area contributed by atoms with Crippen LogP contribution in [0.2, 0.25) is 5.02 Å². The zero-order valence-corrected chi connectivity index (χ0v) is 17.9. The molecule has 0 saturated carbocycles. The molecule has 0 aliphatic heterocycles. The second kappa shape index (κ2) is 9.07. The molecule has 3 aromatic heterocycles. The lowest BCUT2D eigenvalue weighted by molar-refractivity contribution is -0.117. The van der Waals surface area contributed by atoms with Crippen LogP contribution in [0.4, 0.5) is 0 Å². The van der Waals surface area contributed by atoms with E-state index in [1.165, 1.54) is 11.3 Å². The number of pyridine rings is 1. The summed E-state index contributed by atoms with van der Waals surface area (Å²) in [6.45, 7) is -0.379. The number of ether oxygens (including phenoxy) is 1. The number of imidazole rings is 1. The van der Waals surface area contributed by atoms with Crippen LogP contribution in [0.1, 0.15) is 22.1 Å². The smallest absolute Gasteiger partial charge is 0.222 e. The molecule has 1 unspecified atom stereocenters. The van der Waals surface area contributed by atoms with Crippen molar-refractivity contribution in [2.24, 2.45) is 5.73 Å². The normalized spacial score (nSPS) is 12.2. The minimum atomic E-state index is -0.703. The van der Waals surface area contributed by atoms with Gasteiger partial charge in [0.25, 0.3) is 0 Å². The van der Waals surface area contributed by atoms with E-state index in [1.54, 1.807) is 30.5 Å². The minimum absolute atomic E-state index is 0.000698. The Balaban J connectivity index is 1.75. The van der Waals surface area contributed by atoms with Gasteiger partial charge >= 0.3 is 0 Å². The molecule has 7 nitrogen and oxygen atoms in total. The van der Waals surface area contributed by atoms with Crippen LogP contribution in [-0.4, -0.2) is 32.1 Å². The molecule has 0 aliphatic rings. The van der Waals surface area contributed by atoms with E-state index in [1.807, 2.05) is 28.8 Å². The molecule has 1 amide bonds. The molecule has 1 aromatic carbocycles. The van der Waals surface area contributed by atoms with Gasteiger partial charge < -0.3 is 20.7 Å².